The number of hydrogen-bond acceptors (Lipinski definition) is 2. The van der Waals surface area contributed by atoms with Crippen LogP contribution in [0.25, 0.3) is 0 Å². The predicted molar refractivity (Wildman–Crippen MR) is 92.3 cm³/mol. The van der Waals surface area contributed by atoms with Gasteiger partial charge < -0.3 is 10.2 Å². The second-order valence-electron chi connectivity index (χ2n) is 4.32. The molecule has 0 atom stereocenters. The number of nitrogens with one attached hydrogen (secondary N) is 1. The van der Waals surface area contributed by atoms with E-state index in [1.165, 1.54) is 6.42 Å². The van der Waals surface area contributed by atoms with Crippen molar-refractivity contribution < 1.29 is 4.79 Å². The van der Waals surface area contributed by atoms with Crippen molar-refractivity contribution in [2.24, 2.45) is 0 Å². The van der Waals surface area contributed by atoms with E-state index in [1.54, 1.807) is 6.92 Å². The highest BCUT2D eigenvalue weighted by Gasteiger charge is 2.06. The molecule has 0 bridgehead atoms. The molecule has 1 amide bonds. The Kier molecular flexibility index (Phi) is 28.7. The van der Waals surface area contributed by atoms with Gasteiger partial charge in [0, 0.05) is 20.0 Å². The molecular weight excluding hydrogens is 248 g/mol. The van der Waals surface area contributed by atoms with Crippen LogP contribution in [-0.4, -0.2) is 37.0 Å². The smallest absolute Gasteiger partial charge is 0.219 e. The van der Waals surface area contributed by atoms with Crippen LogP contribution in [-0.2, 0) is 4.79 Å². The third-order valence-electron chi connectivity index (χ3n) is 2.69. The van der Waals surface area contributed by atoms with Crippen molar-refractivity contribution in [1.29, 1.82) is 0 Å². The van der Waals surface area contributed by atoms with Crippen LogP contribution in [0, 0.1) is 0 Å². The van der Waals surface area contributed by atoms with Gasteiger partial charge in [-0.2, -0.15) is 0 Å². The van der Waals surface area contributed by atoms with E-state index in [0.29, 0.717) is 0 Å². The summed E-state index contributed by atoms with van der Waals surface area (Å²) in [5, 5.41) is 3.38. The molecule has 0 saturated heterocycles. The van der Waals surface area contributed by atoms with Crippen LogP contribution in [0.3, 0.4) is 0 Å². The van der Waals surface area contributed by atoms with E-state index >= 15 is 0 Å². The van der Waals surface area contributed by atoms with Gasteiger partial charge >= 0.3 is 0 Å². The first-order valence-electron chi connectivity index (χ1n) is 8.68. The molecule has 0 fully saturated rings. The van der Waals surface area contributed by atoms with Gasteiger partial charge in [0.15, 0.2) is 0 Å². The first kappa shape index (κ1) is 24.4. The lowest BCUT2D eigenvalue weighted by atomic mass is 10.2. The Hall–Kier alpha value is -0.570. The zero-order valence-corrected chi connectivity index (χ0v) is 15.2. The van der Waals surface area contributed by atoms with E-state index in [0.717, 1.165) is 51.9 Å². The van der Waals surface area contributed by atoms with Crippen molar-refractivity contribution in [3.8, 4) is 0 Å². The molecule has 0 aliphatic rings. The second-order valence-corrected chi connectivity index (χ2v) is 4.32. The van der Waals surface area contributed by atoms with Crippen LogP contribution in [0.1, 0.15) is 80.6 Å². The fourth-order valence-electron chi connectivity index (χ4n) is 1.63. The minimum Gasteiger partial charge on any atom is -0.343 e. The van der Waals surface area contributed by atoms with Gasteiger partial charge in [0.1, 0.15) is 0 Å². The molecule has 0 radical (unpaired) electrons. The van der Waals surface area contributed by atoms with E-state index in [2.05, 4.69) is 19.2 Å². The predicted octanol–water partition coefficient (Wildman–Crippen LogP) is 4.47. The van der Waals surface area contributed by atoms with Gasteiger partial charge in [-0.25, -0.2) is 0 Å². The zero-order valence-electron chi connectivity index (χ0n) is 15.2. The summed E-state index contributed by atoms with van der Waals surface area (Å²) in [5.74, 6) is 0.218. The molecule has 0 aliphatic carbocycles. The monoisotopic (exact) mass is 288 g/mol. The van der Waals surface area contributed by atoms with Crippen LogP contribution in [0.5, 0.6) is 0 Å². The van der Waals surface area contributed by atoms with E-state index in [1.807, 2.05) is 32.6 Å². The van der Waals surface area contributed by atoms with E-state index in [9.17, 15) is 4.79 Å². The van der Waals surface area contributed by atoms with Gasteiger partial charge in [-0.15, -0.1) is 0 Å². The molecule has 3 heteroatoms. The minimum absolute atomic E-state index is 0.218. The van der Waals surface area contributed by atoms with Crippen molar-refractivity contribution in [1.82, 2.24) is 10.2 Å². The highest BCUT2D eigenvalue weighted by molar-refractivity contribution is 5.73. The Morgan fingerprint density at radius 2 is 1.40 bits per heavy atom. The molecule has 0 saturated carbocycles. The average molecular weight is 289 g/mol. The number of carbonyl (C=O) groups excluding carboxylic acids is 1. The highest BCUT2D eigenvalue weighted by atomic mass is 16.2. The van der Waals surface area contributed by atoms with Gasteiger partial charge in [0.05, 0.1) is 0 Å². The SMILES string of the molecule is CC.CC.CCCCN(CCCCNCCC)C(C)=O. The Morgan fingerprint density at radius 1 is 0.850 bits per heavy atom. The first-order valence-corrected chi connectivity index (χ1v) is 8.68. The van der Waals surface area contributed by atoms with E-state index in [-0.39, 0.29) is 5.91 Å². The van der Waals surface area contributed by atoms with Crippen LogP contribution in [0.4, 0.5) is 0 Å². The summed E-state index contributed by atoms with van der Waals surface area (Å²) in [6, 6.07) is 0. The number of rotatable bonds is 10. The summed E-state index contributed by atoms with van der Waals surface area (Å²) < 4.78 is 0. The van der Waals surface area contributed by atoms with Gasteiger partial charge in [0.2, 0.25) is 5.91 Å². The molecule has 0 aromatic heterocycles. The summed E-state index contributed by atoms with van der Waals surface area (Å²) in [5.41, 5.74) is 0. The molecule has 3 nitrogen and oxygen atoms in total. The Balaban J connectivity index is -0.000000656. The Morgan fingerprint density at radius 3 is 1.85 bits per heavy atom. The topological polar surface area (TPSA) is 32.3 Å². The maximum atomic E-state index is 11.3. The molecule has 124 valence electrons. The molecular formula is C17H40N2O. The molecule has 0 rings (SSSR count). The summed E-state index contributed by atoms with van der Waals surface area (Å²) in [7, 11) is 0. The van der Waals surface area contributed by atoms with E-state index < -0.39 is 0 Å². The second kappa shape index (κ2) is 23.5. The summed E-state index contributed by atoms with van der Waals surface area (Å²) in [4.78, 5) is 13.3. The summed E-state index contributed by atoms with van der Waals surface area (Å²) in [6.45, 7) is 18.0. The molecule has 0 aromatic rings. The third kappa shape index (κ3) is 19.8. The first-order chi connectivity index (χ1) is 9.72. The number of nitrogens with zero attached hydrogens (tertiary/aromatic N) is 1. The van der Waals surface area contributed by atoms with Gasteiger partial charge in [-0.3, -0.25) is 4.79 Å². The van der Waals surface area contributed by atoms with Crippen molar-refractivity contribution >= 4 is 5.91 Å². The average Bonchev–Trinajstić information content (AvgIpc) is 2.49. The normalized spacial score (nSPS) is 8.95. The van der Waals surface area contributed by atoms with Gasteiger partial charge in [-0.05, 0) is 38.8 Å². The number of unbranched alkanes of at least 4 members (excludes halogenated alkanes) is 2. The van der Waals surface area contributed by atoms with Crippen LogP contribution in [0.2, 0.25) is 0 Å². The maximum Gasteiger partial charge on any atom is 0.219 e. The van der Waals surface area contributed by atoms with Crippen LogP contribution < -0.4 is 5.32 Å². The van der Waals surface area contributed by atoms with Crippen molar-refractivity contribution in [2.75, 3.05) is 26.2 Å². The van der Waals surface area contributed by atoms with Crippen LogP contribution >= 0.6 is 0 Å². The maximum absolute atomic E-state index is 11.3. The molecule has 0 aromatic carbocycles. The summed E-state index contributed by atoms with van der Waals surface area (Å²) in [6.07, 6.45) is 5.74. The van der Waals surface area contributed by atoms with Gasteiger partial charge in [-0.1, -0.05) is 48.0 Å². The minimum atomic E-state index is 0.218. The highest BCUT2D eigenvalue weighted by Crippen LogP contribution is 1.99. The molecule has 0 spiro atoms. The lowest BCUT2D eigenvalue weighted by molar-refractivity contribution is -0.129. The number of amides is 1. The van der Waals surface area contributed by atoms with Crippen LogP contribution in [0.15, 0.2) is 0 Å². The fourth-order valence-corrected chi connectivity index (χ4v) is 1.63. The lowest BCUT2D eigenvalue weighted by Gasteiger charge is -2.20. The molecule has 0 heterocycles. The Labute approximate surface area is 128 Å². The molecule has 20 heavy (non-hydrogen) atoms. The van der Waals surface area contributed by atoms with Gasteiger partial charge in [0.25, 0.3) is 0 Å². The fraction of sp³-hybridized carbons (Fsp3) is 0.941. The van der Waals surface area contributed by atoms with Crippen molar-refractivity contribution in [2.45, 2.75) is 80.6 Å². The molecule has 1 N–H and O–H groups in total. The molecule has 0 aliphatic heterocycles. The lowest BCUT2D eigenvalue weighted by Crippen LogP contribution is -2.31. The summed E-state index contributed by atoms with van der Waals surface area (Å²) >= 11 is 0. The Bertz CT molecular complexity index is 172. The number of hydrogen-bond donors (Lipinski definition) is 1. The van der Waals surface area contributed by atoms with Crippen molar-refractivity contribution in [3.63, 3.8) is 0 Å². The molecule has 0 unspecified atom stereocenters. The zero-order chi connectivity index (χ0) is 16.2. The quantitative estimate of drug-likeness (QED) is 0.602. The third-order valence-corrected chi connectivity index (χ3v) is 2.69. The number of carbonyl (C=O) groups is 1. The largest absolute Gasteiger partial charge is 0.343 e. The van der Waals surface area contributed by atoms with Crippen molar-refractivity contribution in [3.05, 3.63) is 0 Å². The van der Waals surface area contributed by atoms with E-state index in [4.69, 9.17) is 0 Å². The standard InChI is InChI=1S/C13H28N2O.2C2H6/c1-4-6-11-15(13(3)16)12-8-7-10-14-9-5-2;2*1-2/h14H,4-12H2,1-3H3;2*1-2H3.